The minimum Gasteiger partial charge on any atom is -0.486 e. The summed E-state index contributed by atoms with van der Waals surface area (Å²) in [6, 6.07) is 7.30. The van der Waals surface area contributed by atoms with Gasteiger partial charge in [-0.05, 0) is 43.0 Å². The molecule has 0 spiro atoms. The van der Waals surface area contributed by atoms with Crippen molar-refractivity contribution in [3.63, 3.8) is 0 Å². The molecular formula is C22H23N3O7S. The molecule has 174 valence electrons. The van der Waals surface area contributed by atoms with Crippen LogP contribution in [0.25, 0.3) is 0 Å². The number of nitro groups is 1. The van der Waals surface area contributed by atoms with Crippen molar-refractivity contribution < 1.29 is 27.6 Å². The highest BCUT2D eigenvalue weighted by molar-refractivity contribution is 7.89. The number of nitrogens with zero attached hydrogens (tertiary/aromatic N) is 3. The number of nitro benzene ring substituents is 1. The molecule has 0 aliphatic carbocycles. The van der Waals surface area contributed by atoms with Crippen molar-refractivity contribution in [2.24, 2.45) is 0 Å². The lowest BCUT2D eigenvalue weighted by molar-refractivity contribution is -0.385. The molecular weight excluding hydrogens is 450 g/mol. The van der Waals surface area contributed by atoms with Crippen LogP contribution in [0.5, 0.6) is 11.5 Å². The maximum absolute atomic E-state index is 13.3. The van der Waals surface area contributed by atoms with Crippen molar-refractivity contribution >= 4 is 27.3 Å². The van der Waals surface area contributed by atoms with Gasteiger partial charge in [0.25, 0.3) is 11.6 Å². The quantitative estimate of drug-likeness (QED) is 0.495. The first-order valence-corrected chi connectivity index (χ1v) is 12.3. The molecule has 0 bridgehead atoms. The number of hydrogen-bond donors (Lipinski definition) is 0. The number of benzene rings is 2. The molecule has 1 saturated heterocycles. The molecule has 1 amide bonds. The van der Waals surface area contributed by atoms with Crippen molar-refractivity contribution in [3.05, 3.63) is 51.6 Å². The van der Waals surface area contributed by atoms with E-state index in [1.807, 2.05) is 0 Å². The van der Waals surface area contributed by atoms with Gasteiger partial charge in [0.15, 0.2) is 11.5 Å². The molecule has 2 aromatic rings. The van der Waals surface area contributed by atoms with E-state index in [2.05, 4.69) is 0 Å². The monoisotopic (exact) mass is 473 g/mol. The van der Waals surface area contributed by atoms with Gasteiger partial charge in [-0.25, -0.2) is 8.42 Å². The Bertz CT molecular complexity index is 1240. The third-order valence-corrected chi connectivity index (χ3v) is 8.13. The maximum Gasteiger partial charge on any atom is 0.286 e. The van der Waals surface area contributed by atoms with E-state index in [1.165, 1.54) is 27.4 Å². The predicted molar refractivity (Wildman–Crippen MR) is 119 cm³/mol. The zero-order valence-corrected chi connectivity index (χ0v) is 18.7. The normalized spacial score (nSPS) is 18.1. The summed E-state index contributed by atoms with van der Waals surface area (Å²) in [6.07, 6.45) is 3.18. The topological polar surface area (TPSA) is 119 Å². The van der Waals surface area contributed by atoms with Gasteiger partial charge in [-0.3, -0.25) is 14.9 Å². The van der Waals surface area contributed by atoms with Gasteiger partial charge in [-0.15, -0.1) is 0 Å². The lowest BCUT2D eigenvalue weighted by Crippen LogP contribution is -2.35. The Morgan fingerprint density at radius 1 is 0.970 bits per heavy atom. The van der Waals surface area contributed by atoms with Gasteiger partial charge in [-0.1, -0.05) is 6.42 Å². The van der Waals surface area contributed by atoms with Crippen molar-refractivity contribution in [1.82, 2.24) is 4.31 Å². The first-order chi connectivity index (χ1) is 15.9. The molecule has 0 atom stereocenters. The summed E-state index contributed by atoms with van der Waals surface area (Å²) in [6.45, 7) is 1.89. The van der Waals surface area contributed by atoms with E-state index in [-0.39, 0.29) is 34.3 Å². The summed E-state index contributed by atoms with van der Waals surface area (Å²) in [5.74, 6) is -0.0134. The van der Waals surface area contributed by atoms with Gasteiger partial charge in [0.1, 0.15) is 18.8 Å². The molecule has 0 N–H and O–H groups in total. The van der Waals surface area contributed by atoms with E-state index in [4.69, 9.17) is 9.47 Å². The number of fused-ring (bicyclic) bond motifs is 2. The van der Waals surface area contributed by atoms with Crippen LogP contribution in [0.3, 0.4) is 0 Å². The molecule has 11 heteroatoms. The van der Waals surface area contributed by atoms with Gasteiger partial charge in [-0.2, -0.15) is 4.31 Å². The van der Waals surface area contributed by atoms with Gasteiger partial charge in [0.2, 0.25) is 10.0 Å². The summed E-state index contributed by atoms with van der Waals surface area (Å²) in [5, 5.41) is 11.6. The summed E-state index contributed by atoms with van der Waals surface area (Å²) in [4.78, 5) is 26.0. The number of anilines is 1. The Morgan fingerprint density at radius 3 is 2.36 bits per heavy atom. The Balaban J connectivity index is 1.47. The van der Waals surface area contributed by atoms with Crippen LogP contribution < -0.4 is 14.4 Å². The zero-order chi connectivity index (χ0) is 23.2. The molecule has 1 fully saturated rings. The average Bonchev–Trinajstić information content (AvgIpc) is 3.26. The number of sulfonamides is 1. The summed E-state index contributed by atoms with van der Waals surface area (Å²) < 4.78 is 38.5. The molecule has 3 aliphatic heterocycles. The van der Waals surface area contributed by atoms with Crippen molar-refractivity contribution in [2.45, 2.75) is 30.6 Å². The largest absolute Gasteiger partial charge is 0.486 e. The number of amides is 1. The third kappa shape index (κ3) is 3.80. The highest BCUT2D eigenvalue weighted by atomic mass is 32.2. The zero-order valence-electron chi connectivity index (χ0n) is 17.9. The Morgan fingerprint density at radius 2 is 1.67 bits per heavy atom. The predicted octanol–water partition coefficient (Wildman–Crippen LogP) is 2.74. The molecule has 3 heterocycles. The molecule has 0 unspecified atom stereocenters. The highest BCUT2D eigenvalue weighted by Gasteiger charge is 2.34. The standard InChI is InChI=1S/C22H23N3O7S/c26-22(17-13-20-21(32-11-10-31-20)14-19(17)25(27)28)24-9-6-15-12-16(4-5-18(15)24)33(29,30)23-7-2-1-3-8-23/h4-5,12-14H,1-3,6-11H2. The van der Waals surface area contributed by atoms with Gasteiger partial charge in [0, 0.05) is 31.4 Å². The Kier molecular flexibility index (Phi) is 5.45. The number of hydrogen-bond acceptors (Lipinski definition) is 7. The molecule has 5 rings (SSSR count). The summed E-state index contributed by atoms with van der Waals surface area (Å²) >= 11 is 0. The van der Waals surface area contributed by atoms with Gasteiger partial charge in [0.05, 0.1) is 15.9 Å². The van der Waals surface area contributed by atoms with Crippen LogP contribution in [0.4, 0.5) is 11.4 Å². The first kappa shape index (κ1) is 21.7. The van der Waals surface area contributed by atoms with Crippen LogP contribution in [-0.4, -0.2) is 56.4 Å². The van der Waals surface area contributed by atoms with Crippen LogP contribution in [0, 0.1) is 10.1 Å². The van der Waals surface area contributed by atoms with E-state index in [0.717, 1.165) is 24.8 Å². The minimum atomic E-state index is -3.59. The van der Waals surface area contributed by atoms with Crippen molar-refractivity contribution in [3.8, 4) is 11.5 Å². The number of rotatable bonds is 4. The number of carbonyl (C=O) groups excluding carboxylic acids is 1. The van der Waals surface area contributed by atoms with E-state index in [0.29, 0.717) is 38.3 Å². The average molecular weight is 474 g/mol. The van der Waals surface area contributed by atoms with Gasteiger partial charge < -0.3 is 14.4 Å². The van der Waals surface area contributed by atoms with E-state index < -0.39 is 20.9 Å². The lowest BCUT2D eigenvalue weighted by Gasteiger charge is -2.26. The summed E-state index contributed by atoms with van der Waals surface area (Å²) in [7, 11) is -3.59. The molecule has 0 aromatic heterocycles. The number of ether oxygens (including phenoxy) is 2. The van der Waals surface area contributed by atoms with Crippen molar-refractivity contribution in [1.29, 1.82) is 0 Å². The molecule has 33 heavy (non-hydrogen) atoms. The van der Waals surface area contributed by atoms with E-state index in [9.17, 15) is 23.3 Å². The number of piperidine rings is 1. The Labute approximate surface area is 190 Å². The second-order valence-corrected chi connectivity index (χ2v) is 10.2. The lowest BCUT2D eigenvalue weighted by atomic mass is 10.1. The van der Waals surface area contributed by atoms with Crippen LogP contribution in [0.15, 0.2) is 35.2 Å². The fourth-order valence-corrected chi connectivity index (χ4v) is 6.12. The van der Waals surface area contributed by atoms with Crippen LogP contribution in [0.2, 0.25) is 0 Å². The third-order valence-electron chi connectivity index (χ3n) is 6.23. The second kappa shape index (κ2) is 8.31. The second-order valence-electron chi connectivity index (χ2n) is 8.23. The highest BCUT2D eigenvalue weighted by Crippen LogP contribution is 2.39. The Hall–Kier alpha value is -3.18. The van der Waals surface area contributed by atoms with Crippen molar-refractivity contribution in [2.75, 3.05) is 37.7 Å². The fraction of sp³-hybridized carbons (Fsp3) is 0.409. The minimum absolute atomic E-state index is 0.0953. The molecule has 10 nitrogen and oxygen atoms in total. The first-order valence-electron chi connectivity index (χ1n) is 10.9. The molecule has 0 radical (unpaired) electrons. The van der Waals surface area contributed by atoms with E-state index >= 15 is 0 Å². The van der Waals surface area contributed by atoms with E-state index in [1.54, 1.807) is 12.1 Å². The van der Waals surface area contributed by atoms with Crippen LogP contribution in [0.1, 0.15) is 35.2 Å². The smallest absolute Gasteiger partial charge is 0.286 e. The summed E-state index contributed by atoms with van der Waals surface area (Å²) in [5.41, 5.74) is 0.826. The number of carbonyl (C=O) groups is 1. The van der Waals surface area contributed by atoms with Crippen LogP contribution in [-0.2, 0) is 16.4 Å². The maximum atomic E-state index is 13.3. The van der Waals surface area contributed by atoms with Crippen LogP contribution >= 0.6 is 0 Å². The molecule has 2 aromatic carbocycles. The molecule has 3 aliphatic rings. The SMILES string of the molecule is O=C(c1cc2c(cc1[N+](=O)[O-])OCCO2)N1CCc2cc(S(=O)(=O)N3CCCCC3)ccc21. The fourth-order valence-electron chi connectivity index (χ4n) is 4.55. The van der Waals surface area contributed by atoms with Gasteiger partial charge >= 0.3 is 0 Å². The molecule has 0 saturated carbocycles.